The van der Waals surface area contributed by atoms with Crippen LogP contribution in [0.1, 0.15) is 90.2 Å². The second-order valence-corrected chi connectivity index (χ2v) is 18.5. The molecule has 51 heavy (non-hydrogen) atoms. The van der Waals surface area contributed by atoms with Crippen LogP contribution in [0, 0.1) is 0 Å². The van der Waals surface area contributed by atoms with Crippen LogP contribution >= 0.6 is 15.8 Å². The van der Waals surface area contributed by atoms with Crippen LogP contribution in [0.3, 0.4) is 0 Å². The van der Waals surface area contributed by atoms with Crippen molar-refractivity contribution in [2.24, 2.45) is 0 Å². The van der Waals surface area contributed by atoms with Gasteiger partial charge in [0.2, 0.25) is 0 Å². The molecule has 6 aromatic carbocycles. The molecule has 0 amide bonds. The Morgan fingerprint density at radius 2 is 0.725 bits per heavy atom. The van der Waals surface area contributed by atoms with E-state index in [1.165, 1.54) is 109 Å². The molecule has 0 spiro atoms. The fourth-order valence-electron chi connectivity index (χ4n) is 6.35. The van der Waals surface area contributed by atoms with Crippen molar-refractivity contribution >= 4 is 48.0 Å². The number of benzene rings is 4. The maximum Gasteiger partial charge on any atom is 2.00 e. The average molecular weight is 792 g/mol. The van der Waals surface area contributed by atoms with Crippen molar-refractivity contribution in [2.45, 2.75) is 91.9 Å². The molecule has 0 aliphatic rings. The van der Waals surface area contributed by atoms with Gasteiger partial charge in [-0.05, 0) is 74.3 Å². The molecule has 3 heteroatoms. The van der Waals surface area contributed by atoms with Crippen LogP contribution in [0.4, 0.5) is 0 Å². The third-order valence-electron chi connectivity index (χ3n) is 9.45. The third-order valence-corrected chi connectivity index (χ3v) is 14.9. The summed E-state index contributed by atoms with van der Waals surface area (Å²) < 4.78 is 0. The summed E-state index contributed by atoms with van der Waals surface area (Å²) in [4.78, 5) is 0. The quantitative estimate of drug-likeness (QED) is 0.0638. The molecule has 0 N–H and O–H groups in total. The molecule has 6 aromatic rings. The van der Waals surface area contributed by atoms with Crippen molar-refractivity contribution in [3.8, 4) is 0 Å². The molecule has 6 rings (SSSR count). The summed E-state index contributed by atoms with van der Waals surface area (Å²) >= 11 is 0. The largest absolute Gasteiger partial charge is 2.00 e. The molecule has 268 valence electrons. The molecule has 0 saturated carbocycles. The van der Waals surface area contributed by atoms with Crippen molar-refractivity contribution < 1.29 is 26.2 Å². The van der Waals surface area contributed by atoms with Gasteiger partial charge in [0.1, 0.15) is 0 Å². The van der Waals surface area contributed by atoms with Crippen LogP contribution in [-0.4, -0.2) is 24.6 Å². The van der Waals surface area contributed by atoms with E-state index in [-0.39, 0.29) is 42.0 Å². The molecule has 0 unspecified atom stereocenters. The minimum atomic E-state index is 0. The van der Waals surface area contributed by atoms with E-state index in [4.69, 9.17) is 0 Å². The van der Waals surface area contributed by atoms with E-state index >= 15 is 0 Å². The molecule has 0 fully saturated rings. The predicted molar refractivity (Wildman–Crippen MR) is 232 cm³/mol. The van der Waals surface area contributed by atoms with Gasteiger partial charge in [-0.1, -0.05) is 142 Å². The number of hydrogen-bond acceptors (Lipinski definition) is 0. The normalized spacial score (nSPS) is 10.9. The molecule has 0 bridgehead atoms. The minimum Gasteiger partial charge on any atom is -0.161 e. The number of unbranched alkanes of at least 4 members (excludes halogenated alkanes) is 4. The number of hydrogen-bond donors (Lipinski definition) is 0. The van der Waals surface area contributed by atoms with E-state index in [0.29, 0.717) is 0 Å². The van der Waals surface area contributed by atoms with E-state index in [2.05, 4.69) is 161 Å². The van der Waals surface area contributed by atoms with E-state index in [1.807, 2.05) is 0 Å². The molecular weight excluding hydrogens is 730 g/mol. The molecule has 0 aliphatic carbocycles. The van der Waals surface area contributed by atoms with Gasteiger partial charge < -0.3 is 0 Å². The Balaban J connectivity index is 0.000000206. The minimum absolute atomic E-state index is 0. The summed E-state index contributed by atoms with van der Waals surface area (Å²) in [6.07, 6.45) is 18.8. The Morgan fingerprint density at radius 3 is 1.04 bits per heavy atom. The van der Waals surface area contributed by atoms with Crippen LogP contribution in [0.5, 0.6) is 0 Å². The molecule has 0 nitrogen and oxygen atoms in total. The van der Waals surface area contributed by atoms with Gasteiger partial charge in [-0.3, -0.25) is 0 Å². The molecule has 0 aromatic heterocycles. The first-order valence-electron chi connectivity index (χ1n) is 19.5. The maximum atomic E-state index is 2.44. The van der Waals surface area contributed by atoms with Gasteiger partial charge in [-0.25, -0.2) is 0 Å². The summed E-state index contributed by atoms with van der Waals surface area (Å²) in [7, 11) is 0.171. The number of rotatable bonds is 17. The van der Waals surface area contributed by atoms with Crippen LogP contribution in [0.15, 0.2) is 133 Å². The zero-order valence-electron chi connectivity index (χ0n) is 32.0. The Bertz CT molecular complexity index is 1510. The molecule has 0 heterocycles. The van der Waals surface area contributed by atoms with Crippen molar-refractivity contribution in [3.05, 3.63) is 145 Å². The summed E-state index contributed by atoms with van der Waals surface area (Å²) in [5.41, 5.74) is 2.83. The van der Waals surface area contributed by atoms with Gasteiger partial charge in [0, 0.05) is 0 Å². The van der Waals surface area contributed by atoms with E-state index in [0.717, 1.165) is 12.8 Å². The number of aryl methyl sites for hydroxylation is 2. The first-order valence-corrected chi connectivity index (χ1v) is 23.0. The van der Waals surface area contributed by atoms with Crippen molar-refractivity contribution in [3.63, 3.8) is 0 Å². The second-order valence-electron chi connectivity index (χ2n) is 13.5. The molecule has 0 atom stereocenters. The zero-order chi connectivity index (χ0) is 35.2. The fourth-order valence-corrected chi connectivity index (χ4v) is 11.9. The van der Waals surface area contributed by atoms with Crippen molar-refractivity contribution in [1.82, 2.24) is 0 Å². The Kier molecular flexibility index (Phi) is 21.8. The number of fused-ring (bicyclic) bond motifs is 2. The van der Waals surface area contributed by atoms with Gasteiger partial charge in [0.25, 0.3) is 0 Å². The predicted octanol–water partition coefficient (Wildman–Crippen LogP) is 14.0. The SMILES string of the molecule is CCCCP(CCCC)c1cc2ccccc2[cH-]1.CCCCP(CCCC)c1cc2ccccc2[cH-]1.[Zr+2].c1ccc(CCc2ccccc2)cc1. The summed E-state index contributed by atoms with van der Waals surface area (Å²) in [5, 5.41) is 8.96. The maximum absolute atomic E-state index is 2.44. The summed E-state index contributed by atoms with van der Waals surface area (Å²) in [6.45, 7) is 9.20. The molecule has 0 radical (unpaired) electrons. The van der Waals surface area contributed by atoms with Gasteiger partial charge >= 0.3 is 26.2 Å². The van der Waals surface area contributed by atoms with Crippen LogP contribution in [0.25, 0.3) is 21.5 Å². The monoisotopic (exact) mass is 790 g/mol. The molecule has 0 saturated heterocycles. The smallest absolute Gasteiger partial charge is 0.161 e. The average Bonchev–Trinajstić information content (AvgIpc) is 3.80. The van der Waals surface area contributed by atoms with Crippen molar-refractivity contribution in [2.75, 3.05) is 24.6 Å². The van der Waals surface area contributed by atoms with Gasteiger partial charge in [-0.15, -0.1) is 80.7 Å². The Labute approximate surface area is 333 Å². The van der Waals surface area contributed by atoms with Crippen LogP contribution < -0.4 is 10.6 Å². The standard InChI is InChI=1S/2C17H24P.C14H14.Zr/c2*1-3-5-11-18(12-6-4-2)17-13-15-9-7-8-10-16(15)14-17;1-3-7-13(8-4-1)11-12-14-9-5-2-6-10-14;/h2*7-10,13-14H,3-6,11-12H2,1-2H3;1-10H,11-12H2;/q2*-1;;+2. The second kappa shape index (κ2) is 25.8. The zero-order valence-corrected chi connectivity index (χ0v) is 36.2. The van der Waals surface area contributed by atoms with Crippen LogP contribution in [0.2, 0.25) is 0 Å². The van der Waals surface area contributed by atoms with E-state index < -0.39 is 0 Å². The fraction of sp³-hybridized carbons (Fsp3) is 0.375. The topological polar surface area (TPSA) is 0 Å². The van der Waals surface area contributed by atoms with Gasteiger partial charge in [0.05, 0.1) is 0 Å². The van der Waals surface area contributed by atoms with Gasteiger partial charge in [-0.2, -0.15) is 12.1 Å². The van der Waals surface area contributed by atoms with E-state index in [1.54, 1.807) is 10.6 Å². The molecular formula is C48H62P2Zr. The first kappa shape index (κ1) is 43.2. The Morgan fingerprint density at radius 1 is 0.412 bits per heavy atom. The first-order chi connectivity index (χ1) is 24.6. The van der Waals surface area contributed by atoms with E-state index in [9.17, 15) is 0 Å². The van der Waals surface area contributed by atoms with Crippen LogP contribution in [-0.2, 0) is 39.0 Å². The third kappa shape index (κ3) is 15.4. The summed E-state index contributed by atoms with van der Waals surface area (Å²) in [6, 6.07) is 48.5. The summed E-state index contributed by atoms with van der Waals surface area (Å²) in [5.74, 6) is 0. The van der Waals surface area contributed by atoms with Crippen molar-refractivity contribution in [1.29, 1.82) is 0 Å². The van der Waals surface area contributed by atoms with Gasteiger partial charge in [0.15, 0.2) is 0 Å². The molecule has 0 aliphatic heterocycles. The Hall–Kier alpha value is -2.16.